The lowest BCUT2D eigenvalue weighted by atomic mass is 10.1. The standard InChI is InChI=1S/C11H20FIO/c1-10(14)8-6-4-2-3-5-7-9-11(12)13/h11H,2-9H2,1H3/t11-/m0/s1. The molecular weight excluding hydrogens is 294 g/mol. The maximum atomic E-state index is 12.4. The first kappa shape index (κ1) is 14.3. The van der Waals surface area contributed by atoms with Crippen LogP contribution < -0.4 is 0 Å². The average Bonchev–Trinajstić information content (AvgIpc) is 2.08. The number of rotatable bonds is 9. The van der Waals surface area contributed by atoms with Crippen LogP contribution in [0.15, 0.2) is 0 Å². The van der Waals surface area contributed by atoms with Gasteiger partial charge in [-0.05, 0) is 48.8 Å². The highest BCUT2D eigenvalue weighted by Gasteiger charge is 1.99. The number of hydrogen-bond acceptors (Lipinski definition) is 1. The molecule has 14 heavy (non-hydrogen) atoms. The van der Waals surface area contributed by atoms with Crippen molar-refractivity contribution in [1.29, 1.82) is 0 Å². The third kappa shape index (κ3) is 12.3. The third-order valence-electron chi connectivity index (χ3n) is 2.20. The molecule has 0 aromatic carbocycles. The van der Waals surface area contributed by atoms with Crippen molar-refractivity contribution in [3.63, 3.8) is 0 Å². The van der Waals surface area contributed by atoms with Gasteiger partial charge in [0.2, 0.25) is 0 Å². The second-order valence-corrected chi connectivity index (χ2v) is 5.10. The lowest BCUT2D eigenvalue weighted by molar-refractivity contribution is -0.117. The maximum Gasteiger partial charge on any atom is 0.151 e. The van der Waals surface area contributed by atoms with Crippen LogP contribution in [0.5, 0.6) is 0 Å². The van der Waals surface area contributed by atoms with Gasteiger partial charge in [0.1, 0.15) is 5.78 Å². The number of alkyl halides is 2. The Balaban J connectivity index is 2.96. The molecule has 0 unspecified atom stereocenters. The van der Waals surface area contributed by atoms with E-state index < -0.39 is 4.18 Å². The van der Waals surface area contributed by atoms with Crippen molar-refractivity contribution in [2.24, 2.45) is 0 Å². The summed E-state index contributed by atoms with van der Waals surface area (Å²) in [6.07, 6.45) is 8.07. The van der Waals surface area contributed by atoms with Gasteiger partial charge in [-0.3, -0.25) is 0 Å². The molecule has 0 fully saturated rings. The van der Waals surface area contributed by atoms with Gasteiger partial charge in [0.05, 0.1) is 0 Å². The molecule has 3 heteroatoms. The second-order valence-electron chi connectivity index (χ2n) is 3.75. The predicted molar refractivity (Wildman–Crippen MR) is 66.5 cm³/mol. The van der Waals surface area contributed by atoms with E-state index in [4.69, 9.17) is 0 Å². The van der Waals surface area contributed by atoms with Crippen LogP contribution in [0.25, 0.3) is 0 Å². The van der Waals surface area contributed by atoms with Gasteiger partial charge in [-0.1, -0.05) is 25.7 Å². The summed E-state index contributed by atoms with van der Waals surface area (Å²) in [5.41, 5.74) is 0. The lowest BCUT2D eigenvalue weighted by Gasteiger charge is -2.01. The van der Waals surface area contributed by atoms with E-state index in [2.05, 4.69) is 0 Å². The zero-order chi connectivity index (χ0) is 10.8. The molecule has 1 nitrogen and oxygen atoms in total. The number of unbranched alkanes of at least 4 members (excludes halogenated alkanes) is 5. The van der Waals surface area contributed by atoms with Crippen molar-refractivity contribution < 1.29 is 9.18 Å². The summed E-state index contributed by atoms with van der Waals surface area (Å²) in [6.45, 7) is 1.64. The predicted octanol–water partition coefficient (Wildman–Crippen LogP) is 4.43. The van der Waals surface area contributed by atoms with Crippen molar-refractivity contribution in [1.82, 2.24) is 0 Å². The van der Waals surface area contributed by atoms with Gasteiger partial charge in [-0.25, -0.2) is 4.39 Å². The molecule has 1 atom stereocenters. The molecule has 84 valence electrons. The fourth-order valence-corrected chi connectivity index (χ4v) is 1.82. The monoisotopic (exact) mass is 314 g/mol. The largest absolute Gasteiger partial charge is 0.300 e. The topological polar surface area (TPSA) is 17.1 Å². The van der Waals surface area contributed by atoms with Crippen LogP contribution in [0.2, 0.25) is 0 Å². The molecule has 0 aromatic heterocycles. The summed E-state index contributed by atoms with van der Waals surface area (Å²) < 4.78 is 11.7. The number of carbonyl (C=O) groups is 1. The Morgan fingerprint density at radius 1 is 1.14 bits per heavy atom. The molecule has 0 rings (SSSR count). The van der Waals surface area contributed by atoms with E-state index in [1.165, 1.54) is 12.8 Å². The zero-order valence-electron chi connectivity index (χ0n) is 8.90. The van der Waals surface area contributed by atoms with E-state index in [9.17, 15) is 9.18 Å². The summed E-state index contributed by atoms with van der Waals surface area (Å²) in [5, 5.41) is 0. The molecule has 0 radical (unpaired) electrons. The second kappa shape index (κ2) is 9.87. The number of halogens is 2. The Morgan fingerprint density at radius 2 is 1.64 bits per heavy atom. The Morgan fingerprint density at radius 3 is 2.14 bits per heavy atom. The smallest absolute Gasteiger partial charge is 0.151 e. The molecule has 0 aliphatic heterocycles. The number of hydrogen-bond donors (Lipinski definition) is 0. The van der Waals surface area contributed by atoms with Crippen LogP contribution in [-0.2, 0) is 4.79 Å². The van der Waals surface area contributed by atoms with Gasteiger partial charge in [0, 0.05) is 6.42 Å². The minimum Gasteiger partial charge on any atom is -0.300 e. The van der Waals surface area contributed by atoms with Crippen LogP contribution >= 0.6 is 22.6 Å². The molecule has 0 bridgehead atoms. The van der Waals surface area contributed by atoms with E-state index in [1.807, 2.05) is 22.6 Å². The van der Waals surface area contributed by atoms with Crippen molar-refractivity contribution >= 4 is 28.4 Å². The molecule has 0 amide bonds. The van der Waals surface area contributed by atoms with E-state index in [0.717, 1.165) is 32.1 Å². The molecule has 0 aliphatic carbocycles. The highest BCUT2D eigenvalue weighted by atomic mass is 127. The van der Waals surface area contributed by atoms with Crippen LogP contribution in [0.1, 0.15) is 58.3 Å². The SMILES string of the molecule is CC(=O)CCCCCCCC[C@@H](F)I. The molecule has 0 aromatic rings. The summed E-state index contributed by atoms with van der Waals surface area (Å²) >= 11 is 1.82. The lowest BCUT2D eigenvalue weighted by Crippen LogP contribution is -1.90. The summed E-state index contributed by atoms with van der Waals surface area (Å²) in [6, 6.07) is 0. The van der Waals surface area contributed by atoms with Gasteiger partial charge >= 0.3 is 0 Å². The van der Waals surface area contributed by atoms with Gasteiger partial charge in [0.15, 0.2) is 4.18 Å². The first-order chi connectivity index (χ1) is 6.63. The highest BCUT2D eigenvalue weighted by molar-refractivity contribution is 14.1. The van der Waals surface area contributed by atoms with E-state index >= 15 is 0 Å². The molecule has 0 saturated heterocycles. The molecule has 0 saturated carbocycles. The average molecular weight is 314 g/mol. The Bertz CT molecular complexity index is 148. The van der Waals surface area contributed by atoms with E-state index in [-0.39, 0.29) is 5.78 Å². The van der Waals surface area contributed by atoms with Crippen LogP contribution in [0.3, 0.4) is 0 Å². The van der Waals surface area contributed by atoms with Crippen molar-refractivity contribution in [2.75, 3.05) is 0 Å². The summed E-state index contributed by atoms with van der Waals surface area (Å²) in [5.74, 6) is 0.287. The quantitative estimate of drug-likeness (QED) is 0.350. The number of ketones is 1. The maximum absolute atomic E-state index is 12.4. The third-order valence-corrected chi connectivity index (χ3v) is 2.82. The van der Waals surface area contributed by atoms with Crippen molar-refractivity contribution in [3.05, 3.63) is 0 Å². The Labute approximate surface area is 100.0 Å². The molecule has 0 spiro atoms. The number of carbonyl (C=O) groups excluding carboxylic acids is 1. The molecular formula is C11H20FIO. The summed E-state index contributed by atoms with van der Waals surface area (Å²) in [7, 11) is 0. The van der Waals surface area contributed by atoms with E-state index in [1.54, 1.807) is 6.92 Å². The first-order valence-corrected chi connectivity index (χ1v) is 6.65. The molecule has 0 heterocycles. The molecule has 0 aliphatic rings. The van der Waals surface area contributed by atoms with Crippen LogP contribution in [0.4, 0.5) is 4.39 Å². The van der Waals surface area contributed by atoms with Gasteiger partial charge < -0.3 is 4.79 Å². The fourth-order valence-electron chi connectivity index (χ4n) is 1.38. The first-order valence-electron chi connectivity index (χ1n) is 5.40. The van der Waals surface area contributed by atoms with Gasteiger partial charge in [-0.15, -0.1) is 0 Å². The minimum atomic E-state index is -0.676. The van der Waals surface area contributed by atoms with Gasteiger partial charge in [0.25, 0.3) is 0 Å². The van der Waals surface area contributed by atoms with Crippen molar-refractivity contribution in [2.45, 2.75) is 62.5 Å². The van der Waals surface area contributed by atoms with Crippen LogP contribution in [0, 0.1) is 0 Å². The summed E-state index contributed by atoms with van der Waals surface area (Å²) in [4.78, 5) is 10.6. The number of Topliss-reactive ketones (excluding diaryl/α,β-unsaturated/α-hetero) is 1. The van der Waals surface area contributed by atoms with Crippen molar-refractivity contribution in [3.8, 4) is 0 Å². The zero-order valence-corrected chi connectivity index (χ0v) is 11.1. The highest BCUT2D eigenvalue weighted by Crippen LogP contribution is 2.14. The van der Waals surface area contributed by atoms with E-state index in [0.29, 0.717) is 6.42 Å². The minimum absolute atomic E-state index is 0.287. The van der Waals surface area contributed by atoms with Crippen LogP contribution in [-0.4, -0.2) is 9.96 Å². The van der Waals surface area contributed by atoms with Gasteiger partial charge in [-0.2, -0.15) is 0 Å². The molecule has 0 N–H and O–H groups in total. The Hall–Kier alpha value is 0.330. The Kier molecular flexibility index (Phi) is 10.1. The fraction of sp³-hybridized carbons (Fsp3) is 0.909. The normalized spacial score (nSPS) is 12.8.